The van der Waals surface area contributed by atoms with Crippen LogP contribution >= 0.6 is 0 Å². The van der Waals surface area contributed by atoms with Gasteiger partial charge in [0.15, 0.2) is 0 Å². The van der Waals surface area contributed by atoms with Gasteiger partial charge in [0.1, 0.15) is 0 Å². The van der Waals surface area contributed by atoms with Gasteiger partial charge >= 0.3 is 0 Å². The van der Waals surface area contributed by atoms with Crippen LogP contribution in [0.3, 0.4) is 0 Å². The molecule has 108 valence electrons. The third kappa shape index (κ3) is 5.86. The molecule has 20 heavy (non-hydrogen) atoms. The van der Waals surface area contributed by atoms with Gasteiger partial charge in [0.25, 0.3) is 0 Å². The second-order valence-electron chi connectivity index (χ2n) is 4.25. The summed E-state index contributed by atoms with van der Waals surface area (Å²) < 4.78 is 21.7. The van der Waals surface area contributed by atoms with Gasteiger partial charge in [-0.15, -0.1) is 0 Å². The molecule has 0 heterocycles. The molecule has 2 rings (SSSR count). The predicted molar refractivity (Wildman–Crippen MR) is 83.2 cm³/mol. The number of primary sulfonamides is 1. The van der Waals surface area contributed by atoms with Crippen molar-refractivity contribution in [1.82, 2.24) is 0 Å². The highest BCUT2D eigenvalue weighted by Crippen LogP contribution is 2.11. The average Bonchev–Trinajstić information content (AvgIpc) is 2.40. The van der Waals surface area contributed by atoms with Gasteiger partial charge in [-0.1, -0.05) is 35.9 Å². The lowest BCUT2D eigenvalue weighted by Gasteiger charge is -2.03. The molecule has 0 amide bonds. The second kappa shape index (κ2) is 7.67. The number of aryl methyl sites for hydroxylation is 1. The minimum Gasteiger partial charge on any atom is -0.385 e. The van der Waals surface area contributed by atoms with E-state index in [1.807, 2.05) is 25.1 Å². The number of nitrogens with two attached hydrogens (primary N) is 1. The maximum Gasteiger partial charge on any atom is 0.238 e. The quantitative estimate of drug-likeness (QED) is 0.913. The van der Waals surface area contributed by atoms with E-state index in [0.29, 0.717) is 0 Å². The van der Waals surface area contributed by atoms with Gasteiger partial charge in [0.2, 0.25) is 10.0 Å². The summed E-state index contributed by atoms with van der Waals surface area (Å²) in [6, 6.07) is 16.6. The van der Waals surface area contributed by atoms with E-state index in [4.69, 9.17) is 5.14 Å². The lowest BCUT2D eigenvalue weighted by Crippen LogP contribution is -2.11. The summed E-state index contributed by atoms with van der Waals surface area (Å²) in [5.41, 5.74) is 2.21. The zero-order chi connectivity index (χ0) is 15.0. The van der Waals surface area contributed by atoms with Gasteiger partial charge in [-0.05, 0) is 38.1 Å². The Morgan fingerprint density at radius 2 is 1.55 bits per heavy atom. The average molecular weight is 292 g/mol. The van der Waals surface area contributed by atoms with E-state index in [9.17, 15) is 8.42 Å². The topological polar surface area (TPSA) is 72.2 Å². The van der Waals surface area contributed by atoms with Crippen LogP contribution in [0.1, 0.15) is 12.5 Å². The van der Waals surface area contributed by atoms with Crippen LogP contribution in [0.2, 0.25) is 0 Å². The molecule has 0 fully saturated rings. The van der Waals surface area contributed by atoms with E-state index >= 15 is 0 Å². The molecule has 4 nitrogen and oxygen atoms in total. The Balaban J connectivity index is 0.000000240. The fraction of sp³-hybridized carbons (Fsp3) is 0.200. The summed E-state index contributed by atoms with van der Waals surface area (Å²) in [6.07, 6.45) is 0. The second-order valence-corrected chi connectivity index (χ2v) is 5.82. The predicted octanol–water partition coefficient (Wildman–Crippen LogP) is 2.76. The molecular formula is C15H20N2O2S. The molecule has 0 unspecified atom stereocenters. The number of nitrogens with one attached hydrogen (secondary N) is 1. The van der Waals surface area contributed by atoms with E-state index in [2.05, 4.69) is 24.4 Å². The summed E-state index contributed by atoms with van der Waals surface area (Å²) in [4.78, 5) is 0.133. The Hall–Kier alpha value is -1.85. The lowest BCUT2D eigenvalue weighted by molar-refractivity contribution is 0.598. The molecule has 0 saturated heterocycles. The molecule has 3 N–H and O–H groups in total. The van der Waals surface area contributed by atoms with Crippen LogP contribution in [-0.4, -0.2) is 15.0 Å². The van der Waals surface area contributed by atoms with Gasteiger partial charge in [-0.25, -0.2) is 13.6 Å². The molecule has 2 aromatic rings. The Bertz CT molecular complexity index is 608. The minimum absolute atomic E-state index is 0.133. The fourth-order valence-electron chi connectivity index (χ4n) is 1.50. The number of hydrogen-bond acceptors (Lipinski definition) is 3. The highest BCUT2D eigenvalue weighted by atomic mass is 32.2. The smallest absolute Gasteiger partial charge is 0.238 e. The van der Waals surface area contributed by atoms with E-state index in [1.54, 1.807) is 12.1 Å². The Morgan fingerprint density at radius 1 is 1.00 bits per heavy atom. The van der Waals surface area contributed by atoms with Gasteiger partial charge in [-0.2, -0.15) is 0 Å². The Kier molecular flexibility index (Phi) is 6.21. The normalized spacial score (nSPS) is 10.3. The first-order chi connectivity index (χ1) is 9.43. The minimum atomic E-state index is -3.56. The lowest BCUT2D eigenvalue weighted by atomic mass is 10.2. The van der Waals surface area contributed by atoms with E-state index in [0.717, 1.165) is 12.2 Å². The molecule has 0 aliphatic carbocycles. The number of rotatable bonds is 3. The van der Waals surface area contributed by atoms with Crippen LogP contribution in [0.25, 0.3) is 0 Å². The number of benzene rings is 2. The molecule has 0 aromatic heterocycles. The van der Waals surface area contributed by atoms with Crippen LogP contribution in [0.4, 0.5) is 5.69 Å². The van der Waals surface area contributed by atoms with Gasteiger partial charge < -0.3 is 5.32 Å². The summed E-state index contributed by atoms with van der Waals surface area (Å²) in [5.74, 6) is 0. The highest BCUT2D eigenvalue weighted by molar-refractivity contribution is 7.89. The van der Waals surface area contributed by atoms with Gasteiger partial charge in [-0.3, -0.25) is 0 Å². The number of hydrogen-bond donors (Lipinski definition) is 2. The summed E-state index contributed by atoms with van der Waals surface area (Å²) in [5, 5.41) is 7.98. The van der Waals surface area contributed by atoms with E-state index in [-0.39, 0.29) is 4.90 Å². The number of sulfonamides is 1. The molecule has 0 spiro atoms. The van der Waals surface area contributed by atoms with Crippen LogP contribution in [0.5, 0.6) is 0 Å². The molecular weight excluding hydrogens is 272 g/mol. The van der Waals surface area contributed by atoms with Crippen LogP contribution in [0, 0.1) is 6.92 Å². The molecule has 0 aliphatic heterocycles. The fourth-order valence-corrected chi connectivity index (χ4v) is 2.02. The molecule has 0 bridgehead atoms. The molecule has 0 saturated carbocycles. The molecule has 5 heteroatoms. The first-order valence-corrected chi connectivity index (χ1v) is 7.86. The Morgan fingerprint density at radius 3 is 1.90 bits per heavy atom. The monoisotopic (exact) mass is 292 g/mol. The first-order valence-electron chi connectivity index (χ1n) is 6.32. The van der Waals surface area contributed by atoms with Crippen molar-refractivity contribution in [2.45, 2.75) is 18.7 Å². The van der Waals surface area contributed by atoms with Crippen molar-refractivity contribution in [1.29, 1.82) is 0 Å². The van der Waals surface area contributed by atoms with Crippen molar-refractivity contribution in [3.8, 4) is 0 Å². The van der Waals surface area contributed by atoms with Crippen LogP contribution < -0.4 is 10.5 Å². The van der Waals surface area contributed by atoms with Crippen molar-refractivity contribution in [2.24, 2.45) is 5.14 Å². The van der Waals surface area contributed by atoms with Gasteiger partial charge in [0, 0.05) is 12.2 Å². The summed E-state index contributed by atoms with van der Waals surface area (Å²) in [7, 11) is -3.56. The zero-order valence-electron chi connectivity index (χ0n) is 11.7. The zero-order valence-corrected chi connectivity index (χ0v) is 12.5. The van der Waals surface area contributed by atoms with Crippen molar-refractivity contribution in [3.05, 3.63) is 60.2 Å². The van der Waals surface area contributed by atoms with E-state index in [1.165, 1.54) is 17.7 Å². The highest BCUT2D eigenvalue weighted by Gasteiger charge is 2.05. The summed E-state index contributed by atoms with van der Waals surface area (Å²) in [6.45, 7) is 4.85. The molecule has 0 aliphatic rings. The Labute approximate surface area is 120 Å². The molecule has 0 radical (unpaired) electrons. The third-order valence-corrected chi connectivity index (χ3v) is 3.43. The maximum absolute atomic E-state index is 10.9. The third-order valence-electron chi connectivity index (χ3n) is 2.50. The van der Waals surface area contributed by atoms with Crippen LogP contribution in [0.15, 0.2) is 59.5 Å². The molecule has 0 atom stereocenters. The van der Waals surface area contributed by atoms with Crippen molar-refractivity contribution >= 4 is 15.7 Å². The SMILES string of the molecule is CCNc1ccc(S(N)(=O)=O)cc1.Cc1ccccc1. The van der Waals surface area contributed by atoms with Crippen molar-refractivity contribution < 1.29 is 8.42 Å². The van der Waals surface area contributed by atoms with Crippen LogP contribution in [-0.2, 0) is 10.0 Å². The first kappa shape index (κ1) is 16.2. The van der Waals surface area contributed by atoms with Crippen molar-refractivity contribution in [2.75, 3.05) is 11.9 Å². The maximum atomic E-state index is 10.9. The standard InChI is InChI=1S/C8H12N2O2S.C7H8/c1-2-10-7-3-5-8(6-4-7)13(9,11)12;1-7-5-3-2-4-6-7/h3-6,10H,2H2,1H3,(H2,9,11,12);2-6H,1H3. The van der Waals surface area contributed by atoms with Crippen molar-refractivity contribution in [3.63, 3.8) is 0 Å². The summed E-state index contributed by atoms with van der Waals surface area (Å²) >= 11 is 0. The van der Waals surface area contributed by atoms with Gasteiger partial charge in [0.05, 0.1) is 4.90 Å². The number of anilines is 1. The van der Waals surface area contributed by atoms with E-state index < -0.39 is 10.0 Å². The largest absolute Gasteiger partial charge is 0.385 e. The molecule has 2 aromatic carbocycles.